The molecule has 2 aromatic rings. The monoisotopic (exact) mass is 300 g/mol. The van der Waals surface area contributed by atoms with Crippen LogP contribution in [-0.4, -0.2) is 11.1 Å². The van der Waals surface area contributed by atoms with Crippen LogP contribution in [0.15, 0.2) is 30.5 Å². The topological polar surface area (TPSA) is 45.9 Å². The van der Waals surface area contributed by atoms with Crippen LogP contribution in [0.25, 0.3) is 10.9 Å². The molecule has 1 aliphatic carbocycles. The third-order valence-electron chi connectivity index (χ3n) is 4.18. The number of benzene rings is 1. The maximum atomic E-state index is 9.32. The zero-order chi connectivity index (χ0) is 14.8. The van der Waals surface area contributed by atoms with Crippen LogP contribution in [0.5, 0.6) is 5.75 Å². The van der Waals surface area contributed by atoms with E-state index >= 15 is 0 Å². The first-order valence-corrected chi connectivity index (χ1v) is 7.66. The summed E-state index contributed by atoms with van der Waals surface area (Å²) in [7, 11) is 0. The van der Waals surface area contributed by atoms with E-state index in [-0.39, 0.29) is 12.0 Å². The highest BCUT2D eigenvalue weighted by molar-refractivity contribution is 6.35. The van der Waals surface area contributed by atoms with Crippen LogP contribution in [0.1, 0.15) is 26.2 Å². The fourth-order valence-electron chi connectivity index (χ4n) is 2.98. The minimum atomic E-state index is -0.0647. The Morgan fingerprint density at radius 3 is 3.00 bits per heavy atom. The summed E-state index contributed by atoms with van der Waals surface area (Å²) in [5.41, 5.74) is 0.764. The molecule has 1 heterocycles. The lowest BCUT2D eigenvalue weighted by Gasteiger charge is -2.31. The fourth-order valence-corrected chi connectivity index (χ4v) is 3.19. The van der Waals surface area contributed by atoms with Gasteiger partial charge in [-0.2, -0.15) is 5.26 Å². The van der Waals surface area contributed by atoms with Crippen molar-refractivity contribution in [2.24, 2.45) is 11.8 Å². The minimum absolute atomic E-state index is 0.0457. The number of hydrogen-bond donors (Lipinski definition) is 0. The summed E-state index contributed by atoms with van der Waals surface area (Å²) in [6.07, 6.45) is 4.58. The van der Waals surface area contributed by atoms with Gasteiger partial charge in [0.2, 0.25) is 0 Å². The molecule has 1 aliphatic rings. The molecule has 0 aliphatic heterocycles. The zero-order valence-electron chi connectivity index (χ0n) is 11.9. The highest BCUT2D eigenvalue weighted by Gasteiger charge is 2.30. The summed E-state index contributed by atoms with van der Waals surface area (Å²) >= 11 is 6.20. The van der Waals surface area contributed by atoms with Crippen molar-refractivity contribution in [1.82, 2.24) is 4.98 Å². The van der Waals surface area contributed by atoms with E-state index in [2.05, 4.69) is 18.0 Å². The van der Waals surface area contributed by atoms with Gasteiger partial charge in [0.05, 0.1) is 17.0 Å². The first-order valence-electron chi connectivity index (χ1n) is 7.28. The molecule has 3 nitrogen and oxygen atoms in total. The predicted octanol–water partition coefficient (Wildman–Crippen LogP) is 4.60. The Hall–Kier alpha value is -1.79. The molecule has 1 fully saturated rings. The van der Waals surface area contributed by atoms with Gasteiger partial charge in [0.25, 0.3) is 0 Å². The molecule has 1 saturated carbocycles. The Kier molecular flexibility index (Phi) is 3.98. The summed E-state index contributed by atoms with van der Waals surface area (Å²) in [6.45, 7) is 2.21. The lowest BCUT2D eigenvalue weighted by Crippen LogP contribution is -2.32. The van der Waals surface area contributed by atoms with Gasteiger partial charge in [0.1, 0.15) is 17.4 Å². The van der Waals surface area contributed by atoms with Crippen molar-refractivity contribution in [2.45, 2.75) is 32.3 Å². The van der Waals surface area contributed by atoms with Crippen molar-refractivity contribution in [2.75, 3.05) is 0 Å². The van der Waals surface area contributed by atoms with Crippen LogP contribution in [0.2, 0.25) is 5.02 Å². The summed E-state index contributed by atoms with van der Waals surface area (Å²) in [4.78, 5) is 4.39. The van der Waals surface area contributed by atoms with E-state index in [1.807, 2.05) is 24.3 Å². The Balaban J connectivity index is 1.94. The number of nitriles is 1. The number of halogens is 1. The summed E-state index contributed by atoms with van der Waals surface area (Å²) in [6, 6.07) is 9.86. The number of pyridine rings is 1. The minimum Gasteiger partial charge on any atom is -0.487 e. The van der Waals surface area contributed by atoms with Crippen molar-refractivity contribution in [3.63, 3.8) is 0 Å². The molecule has 0 bridgehead atoms. The maximum Gasteiger partial charge on any atom is 0.146 e. The van der Waals surface area contributed by atoms with E-state index < -0.39 is 0 Å². The Morgan fingerprint density at radius 2 is 2.19 bits per heavy atom. The normalized spacial score (nSPS) is 25.5. The zero-order valence-corrected chi connectivity index (χ0v) is 12.7. The molecule has 1 aromatic heterocycles. The van der Waals surface area contributed by atoms with Crippen LogP contribution in [0.4, 0.5) is 0 Å². The van der Waals surface area contributed by atoms with Gasteiger partial charge >= 0.3 is 0 Å². The van der Waals surface area contributed by atoms with E-state index in [0.29, 0.717) is 16.7 Å². The molecular weight excluding hydrogens is 284 g/mol. The molecule has 0 saturated heterocycles. The molecule has 0 amide bonds. The van der Waals surface area contributed by atoms with Crippen molar-refractivity contribution in [3.05, 3.63) is 35.5 Å². The lowest BCUT2D eigenvalue weighted by atomic mass is 9.81. The molecule has 3 rings (SSSR count). The van der Waals surface area contributed by atoms with Gasteiger partial charge in [-0.25, -0.2) is 0 Å². The van der Waals surface area contributed by atoms with E-state index in [1.54, 1.807) is 6.20 Å². The highest BCUT2D eigenvalue weighted by atomic mass is 35.5. The van der Waals surface area contributed by atoms with Gasteiger partial charge in [-0.3, -0.25) is 4.98 Å². The number of nitrogens with zero attached hydrogens (tertiary/aromatic N) is 2. The van der Waals surface area contributed by atoms with Crippen molar-refractivity contribution in [3.8, 4) is 11.8 Å². The molecule has 3 unspecified atom stereocenters. The maximum absolute atomic E-state index is 9.32. The van der Waals surface area contributed by atoms with Gasteiger partial charge in [-0.05, 0) is 49.4 Å². The molecule has 21 heavy (non-hydrogen) atoms. The van der Waals surface area contributed by atoms with E-state index in [4.69, 9.17) is 16.3 Å². The average molecular weight is 301 g/mol. The lowest BCUT2D eigenvalue weighted by molar-refractivity contribution is 0.0969. The summed E-state index contributed by atoms with van der Waals surface area (Å²) in [5.74, 6) is 1.26. The van der Waals surface area contributed by atoms with Gasteiger partial charge in [-0.1, -0.05) is 18.5 Å². The van der Waals surface area contributed by atoms with Gasteiger partial charge in [0.15, 0.2) is 0 Å². The average Bonchev–Trinajstić information content (AvgIpc) is 2.51. The van der Waals surface area contributed by atoms with Crippen LogP contribution in [-0.2, 0) is 0 Å². The number of rotatable bonds is 2. The number of ether oxygens (including phenoxy) is 1. The van der Waals surface area contributed by atoms with E-state index in [0.717, 1.165) is 30.2 Å². The Labute approximate surface area is 129 Å². The second-order valence-corrected chi connectivity index (χ2v) is 6.16. The van der Waals surface area contributed by atoms with Crippen LogP contribution < -0.4 is 4.74 Å². The van der Waals surface area contributed by atoms with Crippen molar-refractivity contribution >= 4 is 22.5 Å². The fraction of sp³-hybridized carbons (Fsp3) is 0.412. The van der Waals surface area contributed by atoms with Crippen LogP contribution in [0.3, 0.4) is 0 Å². The van der Waals surface area contributed by atoms with Gasteiger partial charge < -0.3 is 4.74 Å². The third-order valence-corrected chi connectivity index (χ3v) is 4.51. The van der Waals surface area contributed by atoms with Gasteiger partial charge in [0, 0.05) is 11.6 Å². The quantitative estimate of drug-likeness (QED) is 0.814. The SMILES string of the molecule is CC1CCC(C#N)C(Oc2ccc(Cl)c3cccnc23)C1. The molecular formula is C17H17ClN2O. The highest BCUT2D eigenvalue weighted by Crippen LogP contribution is 2.35. The molecule has 3 atom stereocenters. The van der Waals surface area contributed by atoms with Crippen LogP contribution in [0, 0.1) is 23.2 Å². The molecule has 0 radical (unpaired) electrons. The second-order valence-electron chi connectivity index (χ2n) is 5.76. The van der Waals surface area contributed by atoms with Crippen molar-refractivity contribution < 1.29 is 4.74 Å². The number of fused-ring (bicyclic) bond motifs is 1. The summed E-state index contributed by atoms with van der Waals surface area (Å²) < 4.78 is 6.15. The van der Waals surface area contributed by atoms with Crippen molar-refractivity contribution in [1.29, 1.82) is 5.26 Å². The first-order chi connectivity index (χ1) is 10.2. The van der Waals surface area contributed by atoms with Crippen LogP contribution >= 0.6 is 11.6 Å². The Bertz CT molecular complexity index is 695. The summed E-state index contributed by atoms with van der Waals surface area (Å²) in [5, 5.41) is 10.9. The second kappa shape index (κ2) is 5.91. The molecule has 108 valence electrons. The standard InChI is InChI=1S/C17H17ClN2O/c1-11-4-5-12(10-19)16(9-11)21-15-7-6-14(18)13-3-2-8-20-17(13)15/h2-3,6-8,11-12,16H,4-5,9H2,1H3. The number of hydrogen-bond acceptors (Lipinski definition) is 3. The van der Waals surface area contributed by atoms with Gasteiger partial charge in [-0.15, -0.1) is 0 Å². The molecule has 0 N–H and O–H groups in total. The predicted molar refractivity (Wildman–Crippen MR) is 83.3 cm³/mol. The van der Waals surface area contributed by atoms with E-state index in [9.17, 15) is 5.26 Å². The smallest absolute Gasteiger partial charge is 0.146 e. The molecule has 0 spiro atoms. The number of aromatic nitrogens is 1. The first kappa shape index (κ1) is 14.2. The van der Waals surface area contributed by atoms with E-state index in [1.165, 1.54) is 0 Å². The molecule has 1 aromatic carbocycles. The third kappa shape index (κ3) is 2.82. The Morgan fingerprint density at radius 1 is 1.33 bits per heavy atom. The molecule has 4 heteroatoms. The largest absolute Gasteiger partial charge is 0.487 e.